The molecule has 36 heavy (non-hydrogen) atoms. The smallest absolute Gasteiger partial charge is 0.259 e. The van der Waals surface area contributed by atoms with Crippen LogP contribution in [0.25, 0.3) is 22.2 Å². The summed E-state index contributed by atoms with van der Waals surface area (Å²) in [6, 6.07) is 9.49. The zero-order valence-corrected chi connectivity index (χ0v) is 20.5. The third-order valence-corrected chi connectivity index (χ3v) is 6.37. The van der Waals surface area contributed by atoms with Gasteiger partial charge >= 0.3 is 0 Å². The number of methoxy groups -OCH3 is 1. The molecule has 4 aromatic rings. The van der Waals surface area contributed by atoms with Crippen molar-refractivity contribution < 1.29 is 9.47 Å². The number of hydrogen-bond acceptors (Lipinski definition) is 9. The van der Waals surface area contributed by atoms with Crippen LogP contribution in [0, 0.1) is 6.92 Å². The molecule has 1 saturated heterocycles. The van der Waals surface area contributed by atoms with E-state index < -0.39 is 0 Å². The van der Waals surface area contributed by atoms with Gasteiger partial charge in [-0.25, -0.2) is 15.0 Å². The lowest BCUT2D eigenvalue weighted by atomic mass is 10.1. The highest BCUT2D eigenvalue weighted by Gasteiger charge is 2.19. The molecule has 4 N–H and O–H groups in total. The number of piperidine rings is 1. The first kappa shape index (κ1) is 23.6. The number of nitrogens with one attached hydrogen (secondary N) is 2. The summed E-state index contributed by atoms with van der Waals surface area (Å²) < 4.78 is 11.5. The molecule has 1 fully saturated rings. The molecule has 0 atom stereocenters. The van der Waals surface area contributed by atoms with Gasteiger partial charge in [0, 0.05) is 25.0 Å². The minimum Gasteiger partial charge on any atom is -0.490 e. The minimum atomic E-state index is -0.242. The van der Waals surface area contributed by atoms with Crippen LogP contribution in [0.3, 0.4) is 0 Å². The van der Waals surface area contributed by atoms with Gasteiger partial charge in [-0.15, -0.1) is 0 Å². The number of fused-ring (bicyclic) bond motifs is 1. The molecule has 0 spiro atoms. The zero-order chi connectivity index (χ0) is 25.2. The minimum absolute atomic E-state index is 0.190. The standard InChI is InChI=1S/C26H29N7O3/c1-15-12-17(4-5-21(15)36-18-7-10-33(2)11-8-18)30-24-22-16(6-9-28-25(22)34)13-19(31-24)20-14-29-23(27)26(32-20)35-3/h4-6,9,12-14,18H,7-8,10-11H2,1-3H3,(H2,27,29)(H,28,34)(H,30,31). The Balaban J connectivity index is 1.48. The van der Waals surface area contributed by atoms with Crippen LogP contribution in [0.4, 0.5) is 17.3 Å². The number of aromatic amines is 1. The summed E-state index contributed by atoms with van der Waals surface area (Å²) in [4.78, 5) is 31.1. The SMILES string of the molecule is COc1nc(-c2cc3cc[nH]c(=O)c3c(Nc3ccc(OC4CCN(C)CC4)c(C)c3)n2)cnc1N. The van der Waals surface area contributed by atoms with Crippen molar-refractivity contribution in [3.05, 3.63) is 58.6 Å². The summed E-state index contributed by atoms with van der Waals surface area (Å²) in [6.45, 7) is 4.09. The van der Waals surface area contributed by atoms with E-state index >= 15 is 0 Å². The first-order chi connectivity index (χ1) is 17.4. The highest BCUT2D eigenvalue weighted by atomic mass is 16.5. The molecule has 0 aliphatic carbocycles. The Bertz CT molecular complexity index is 1460. The normalized spacial score (nSPS) is 14.6. The fraction of sp³-hybridized carbons (Fsp3) is 0.308. The van der Waals surface area contributed by atoms with Crippen molar-refractivity contribution in [1.82, 2.24) is 24.8 Å². The van der Waals surface area contributed by atoms with Crippen molar-refractivity contribution in [1.29, 1.82) is 0 Å². The Morgan fingerprint density at radius 3 is 2.69 bits per heavy atom. The van der Waals surface area contributed by atoms with Gasteiger partial charge in [0.15, 0.2) is 5.82 Å². The zero-order valence-electron chi connectivity index (χ0n) is 20.5. The summed E-state index contributed by atoms with van der Waals surface area (Å²) in [5.41, 5.74) is 8.38. The molecule has 3 aromatic heterocycles. The molecule has 0 amide bonds. The number of aromatic nitrogens is 4. The maximum atomic E-state index is 12.7. The molecule has 0 radical (unpaired) electrons. The van der Waals surface area contributed by atoms with Gasteiger partial charge in [0.1, 0.15) is 23.4 Å². The number of H-pyrrole nitrogens is 1. The van der Waals surface area contributed by atoms with E-state index in [0.29, 0.717) is 28.0 Å². The predicted octanol–water partition coefficient (Wildman–Crippen LogP) is 3.50. The number of anilines is 3. The second-order valence-corrected chi connectivity index (χ2v) is 9.00. The van der Waals surface area contributed by atoms with Crippen molar-refractivity contribution in [2.24, 2.45) is 0 Å². The van der Waals surface area contributed by atoms with Crippen LogP contribution in [0.1, 0.15) is 18.4 Å². The van der Waals surface area contributed by atoms with Gasteiger partial charge < -0.3 is 30.4 Å². The first-order valence-corrected chi connectivity index (χ1v) is 11.8. The van der Waals surface area contributed by atoms with E-state index in [2.05, 4.69) is 32.2 Å². The number of benzene rings is 1. The van der Waals surface area contributed by atoms with Crippen LogP contribution in [0.2, 0.25) is 0 Å². The molecule has 0 unspecified atom stereocenters. The molecule has 1 aromatic carbocycles. The largest absolute Gasteiger partial charge is 0.490 e. The highest BCUT2D eigenvalue weighted by Crippen LogP contribution is 2.31. The van der Waals surface area contributed by atoms with Crippen LogP contribution in [-0.2, 0) is 0 Å². The molecule has 4 heterocycles. The van der Waals surface area contributed by atoms with Gasteiger partial charge in [-0.2, -0.15) is 0 Å². The lowest BCUT2D eigenvalue weighted by Gasteiger charge is -2.29. The number of likely N-dealkylation sites (tertiary alicyclic amines) is 1. The maximum absolute atomic E-state index is 12.7. The summed E-state index contributed by atoms with van der Waals surface area (Å²) >= 11 is 0. The topological polar surface area (TPSA) is 131 Å². The molecule has 10 heteroatoms. The Hall–Kier alpha value is -4.18. The lowest BCUT2D eigenvalue weighted by molar-refractivity contribution is 0.113. The van der Waals surface area contributed by atoms with Crippen LogP contribution in [-0.4, -0.2) is 58.2 Å². The van der Waals surface area contributed by atoms with E-state index in [1.54, 1.807) is 12.3 Å². The Labute approximate surface area is 208 Å². The fourth-order valence-corrected chi connectivity index (χ4v) is 4.37. The summed E-state index contributed by atoms with van der Waals surface area (Å²) in [7, 11) is 3.61. The first-order valence-electron chi connectivity index (χ1n) is 11.8. The number of rotatable bonds is 6. The number of ether oxygens (including phenoxy) is 2. The third kappa shape index (κ3) is 4.80. The number of hydrogen-bond donors (Lipinski definition) is 3. The number of nitrogen functional groups attached to an aromatic ring is 1. The number of nitrogens with zero attached hydrogens (tertiary/aromatic N) is 4. The monoisotopic (exact) mass is 487 g/mol. The molecule has 0 bridgehead atoms. The predicted molar refractivity (Wildman–Crippen MR) is 140 cm³/mol. The second-order valence-electron chi connectivity index (χ2n) is 9.00. The van der Waals surface area contributed by atoms with Gasteiger partial charge in [-0.3, -0.25) is 4.79 Å². The van der Waals surface area contributed by atoms with Gasteiger partial charge in [-0.1, -0.05) is 0 Å². The lowest BCUT2D eigenvalue weighted by Crippen LogP contribution is -2.35. The fourth-order valence-electron chi connectivity index (χ4n) is 4.37. The van der Waals surface area contributed by atoms with Gasteiger partial charge in [-0.05, 0) is 68.1 Å². The van der Waals surface area contributed by atoms with Crippen molar-refractivity contribution in [2.75, 3.05) is 38.3 Å². The third-order valence-electron chi connectivity index (χ3n) is 6.37. The van der Waals surface area contributed by atoms with E-state index in [4.69, 9.17) is 20.2 Å². The van der Waals surface area contributed by atoms with E-state index in [-0.39, 0.29) is 23.4 Å². The molecule has 1 aliphatic heterocycles. The molecule has 10 nitrogen and oxygen atoms in total. The molecule has 1 aliphatic rings. The van der Waals surface area contributed by atoms with Crippen LogP contribution in [0.5, 0.6) is 11.6 Å². The maximum Gasteiger partial charge on any atom is 0.259 e. The van der Waals surface area contributed by atoms with Crippen LogP contribution >= 0.6 is 0 Å². The van der Waals surface area contributed by atoms with Crippen molar-refractivity contribution in [3.8, 4) is 23.0 Å². The number of aryl methyl sites for hydroxylation is 1. The quantitative estimate of drug-likeness (QED) is 0.374. The molecule has 0 saturated carbocycles. The van der Waals surface area contributed by atoms with Crippen LogP contribution in [0.15, 0.2) is 47.5 Å². The highest BCUT2D eigenvalue weighted by molar-refractivity contribution is 5.95. The summed E-state index contributed by atoms with van der Waals surface area (Å²) in [6.07, 6.45) is 5.38. The Kier molecular flexibility index (Phi) is 6.43. The summed E-state index contributed by atoms with van der Waals surface area (Å²) in [5.74, 6) is 1.68. The number of nitrogens with two attached hydrogens (primary N) is 1. The molecular formula is C26H29N7O3. The van der Waals surface area contributed by atoms with Gasteiger partial charge in [0.2, 0.25) is 0 Å². The number of pyridine rings is 2. The van der Waals surface area contributed by atoms with E-state index in [0.717, 1.165) is 42.9 Å². The van der Waals surface area contributed by atoms with Crippen molar-refractivity contribution in [2.45, 2.75) is 25.9 Å². The Morgan fingerprint density at radius 2 is 1.94 bits per heavy atom. The van der Waals surface area contributed by atoms with E-state index in [9.17, 15) is 4.79 Å². The second kappa shape index (κ2) is 9.82. The van der Waals surface area contributed by atoms with E-state index in [1.807, 2.05) is 31.2 Å². The molecule has 186 valence electrons. The average molecular weight is 488 g/mol. The van der Waals surface area contributed by atoms with E-state index in [1.165, 1.54) is 13.3 Å². The van der Waals surface area contributed by atoms with Crippen molar-refractivity contribution >= 4 is 28.1 Å². The Morgan fingerprint density at radius 1 is 1.14 bits per heavy atom. The summed E-state index contributed by atoms with van der Waals surface area (Å²) in [5, 5.41) is 4.47. The molecule has 5 rings (SSSR count). The van der Waals surface area contributed by atoms with Crippen LogP contribution < -0.4 is 26.1 Å². The average Bonchev–Trinajstić information content (AvgIpc) is 2.87. The van der Waals surface area contributed by atoms with Gasteiger partial charge in [0.05, 0.1) is 24.4 Å². The van der Waals surface area contributed by atoms with Gasteiger partial charge in [0.25, 0.3) is 11.4 Å². The van der Waals surface area contributed by atoms with Crippen molar-refractivity contribution in [3.63, 3.8) is 0 Å². The molecular weight excluding hydrogens is 458 g/mol.